The number of imidazole rings is 1. The quantitative estimate of drug-likeness (QED) is 0.354. The Hall–Kier alpha value is -2.78. The molecule has 3 aromatic carbocycles. The number of aromatic nitrogens is 2. The Morgan fingerprint density at radius 3 is 2.46 bits per heavy atom. The first-order chi connectivity index (χ1) is 13.6. The van der Waals surface area contributed by atoms with Crippen molar-refractivity contribution in [2.45, 2.75) is 26.8 Å². The highest BCUT2D eigenvalue weighted by molar-refractivity contribution is 6.30. The van der Waals surface area contributed by atoms with Crippen LogP contribution in [-0.2, 0) is 6.54 Å². The van der Waals surface area contributed by atoms with Gasteiger partial charge in [0.2, 0.25) is 0 Å². The molecular formula is C24H23ClN2O. The molecule has 3 nitrogen and oxygen atoms in total. The van der Waals surface area contributed by atoms with Crippen LogP contribution in [0.25, 0.3) is 22.4 Å². The van der Waals surface area contributed by atoms with E-state index in [0.717, 1.165) is 46.2 Å². The lowest BCUT2D eigenvalue weighted by molar-refractivity contribution is 0.299. The summed E-state index contributed by atoms with van der Waals surface area (Å²) in [6.07, 6.45) is 0.891. The first kappa shape index (κ1) is 18.6. The topological polar surface area (TPSA) is 27.1 Å². The van der Waals surface area contributed by atoms with Crippen molar-refractivity contribution < 1.29 is 4.74 Å². The van der Waals surface area contributed by atoms with Gasteiger partial charge in [-0.25, -0.2) is 4.98 Å². The predicted molar refractivity (Wildman–Crippen MR) is 116 cm³/mol. The van der Waals surface area contributed by atoms with Crippen LogP contribution in [0.1, 0.15) is 17.5 Å². The highest BCUT2D eigenvalue weighted by Crippen LogP contribution is 2.27. The zero-order chi connectivity index (χ0) is 19.5. The molecule has 0 N–H and O–H groups in total. The molecule has 0 atom stereocenters. The summed E-state index contributed by atoms with van der Waals surface area (Å²) in [5.74, 6) is 1.93. The molecule has 0 aliphatic rings. The smallest absolute Gasteiger partial charge is 0.141 e. The Labute approximate surface area is 170 Å². The van der Waals surface area contributed by atoms with Gasteiger partial charge in [0.15, 0.2) is 0 Å². The van der Waals surface area contributed by atoms with Crippen molar-refractivity contribution in [3.05, 3.63) is 82.9 Å². The average Bonchev–Trinajstić information content (AvgIpc) is 3.06. The van der Waals surface area contributed by atoms with Gasteiger partial charge in [-0.3, -0.25) is 0 Å². The largest absolute Gasteiger partial charge is 0.493 e. The van der Waals surface area contributed by atoms with Crippen LogP contribution in [0.3, 0.4) is 0 Å². The number of rotatable bonds is 6. The van der Waals surface area contributed by atoms with Gasteiger partial charge in [0.1, 0.15) is 11.6 Å². The normalized spacial score (nSPS) is 11.1. The minimum absolute atomic E-state index is 0.660. The summed E-state index contributed by atoms with van der Waals surface area (Å²) < 4.78 is 8.35. The Morgan fingerprint density at radius 1 is 0.929 bits per heavy atom. The highest BCUT2D eigenvalue weighted by atomic mass is 35.5. The van der Waals surface area contributed by atoms with Crippen molar-refractivity contribution >= 4 is 22.6 Å². The molecule has 142 valence electrons. The van der Waals surface area contributed by atoms with Crippen molar-refractivity contribution in [1.29, 1.82) is 0 Å². The summed E-state index contributed by atoms with van der Waals surface area (Å²) in [5.41, 5.74) is 5.50. The molecule has 1 aromatic heterocycles. The van der Waals surface area contributed by atoms with E-state index in [4.69, 9.17) is 21.3 Å². The Bertz CT molecular complexity index is 1100. The number of benzene rings is 3. The van der Waals surface area contributed by atoms with Crippen LogP contribution in [0.2, 0.25) is 5.02 Å². The van der Waals surface area contributed by atoms with Gasteiger partial charge in [-0.05, 0) is 55.7 Å². The molecule has 4 heteroatoms. The van der Waals surface area contributed by atoms with Crippen molar-refractivity contribution in [1.82, 2.24) is 9.55 Å². The summed E-state index contributed by atoms with van der Waals surface area (Å²) >= 11 is 6.21. The average molecular weight is 391 g/mol. The van der Waals surface area contributed by atoms with Gasteiger partial charge >= 0.3 is 0 Å². The molecule has 4 rings (SSSR count). The van der Waals surface area contributed by atoms with E-state index in [0.29, 0.717) is 6.61 Å². The van der Waals surface area contributed by atoms with E-state index in [9.17, 15) is 0 Å². The van der Waals surface area contributed by atoms with E-state index in [1.165, 1.54) is 11.1 Å². The van der Waals surface area contributed by atoms with E-state index in [1.807, 2.05) is 30.3 Å². The molecule has 0 amide bonds. The van der Waals surface area contributed by atoms with Gasteiger partial charge in [-0.2, -0.15) is 0 Å². The van der Waals surface area contributed by atoms with Crippen LogP contribution in [0.5, 0.6) is 5.75 Å². The molecule has 0 saturated heterocycles. The SMILES string of the molecule is Cc1cccc(C)c1OCCCn1c(-c2cccc(Cl)c2)nc2ccccc21. The number of halogens is 1. The molecule has 0 unspecified atom stereocenters. The number of aryl methyl sites for hydroxylation is 3. The molecule has 0 aliphatic carbocycles. The maximum absolute atomic E-state index is 6.21. The zero-order valence-electron chi connectivity index (χ0n) is 16.2. The number of nitrogens with zero attached hydrogens (tertiary/aromatic N) is 2. The zero-order valence-corrected chi connectivity index (χ0v) is 16.9. The highest BCUT2D eigenvalue weighted by Gasteiger charge is 2.13. The van der Waals surface area contributed by atoms with Crippen molar-refractivity contribution in [3.8, 4) is 17.1 Å². The Balaban J connectivity index is 1.57. The summed E-state index contributed by atoms with van der Waals surface area (Å²) in [7, 11) is 0. The molecule has 1 heterocycles. The van der Waals surface area contributed by atoms with Crippen LogP contribution < -0.4 is 4.74 Å². The number of ether oxygens (including phenoxy) is 1. The summed E-state index contributed by atoms with van der Waals surface area (Å²) in [4.78, 5) is 4.85. The van der Waals surface area contributed by atoms with Gasteiger partial charge < -0.3 is 9.30 Å². The maximum atomic E-state index is 6.21. The van der Waals surface area contributed by atoms with E-state index >= 15 is 0 Å². The maximum Gasteiger partial charge on any atom is 0.141 e. The number of hydrogen-bond acceptors (Lipinski definition) is 2. The van der Waals surface area contributed by atoms with E-state index in [-0.39, 0.29) is 0 Å². The predicted octanol–water partition coefficient (Wildman–Crippen LogP) is 6.44. The van der Waals surface area contributed by atoms with Gasteiger partial charge in [0.05, 0.1) is 17.6 Å². The van der Waals surface area contributed by atoms with Gasteiger partial charge in [0, 0.05) is 17.1 Å². The van der Waals surface area contributed by atoms with Crippen LogP contribution in [0, 0.1) is 13.8 Å². The minimum atomic E-state index is 0.660. The van der Waals surface area contributed by atoms with Crippen LogP contribution in [0.15, 0.2) is 66.7 Å². The molecule has 28 heavy (non-hydrogen) atoms. The lowest BCUT2D eigenvalue weighted by atomic mass is 10.1. The third-order valence-corrected chi connectivity index (χ3v) is 5.15. The third kappa shape index (κ3) is 3.76. The van der Waals surface area contributed by atoms with Crippen LogP contribution in [0.4, 0.5) is 0 Å². The fourth-order valence-corrected chi connectivity index (χ4v) is 3.76. The number of fused-ring (bicyclic) bond motifs is 1. The summed E-state index contributed by atoms with van der Waals surface area (Å²) in [6.45, 7) is 5.66. The van der Waals surface area contributed by atoms with Gasteiger partial charge in [-0.15, -0.1) is 0 Å². The summed E-state index contributed by atoms with van der Waals surface area (Å²) in [5, 5.41) is 0.717. The Kier molecular flexibility index (Phi) is 5.36. The molecule has 0 spiro atoms. The molecule has 0 radical (unpaired) electrons. The second-order valence-electron chi connectivity index (χ2n) is 7.01. The molecule has 0 saturated carbocycles. The van der Waals surface area contributed by atoms with Crippen molar-refractivity contribution in [3.63, 3.8) is 0 Å². The monoisotopic (exact) mass is 390 g/mol. The van der Waals surface area contributed by atoms with Crippen LogP contribution >= 0.6 is 11.6 Å². The molecular weight excluding hydrogens is 368 g/mol. The van der Waals surface area contributed by atoms with Crippen molar-refractivity contribution in [2.24, 2.45) is 0 Å². The van der Waals surface area contributed by atoms with E-state index in [1.54, 1.807) is 0 Å². The molecule has 0 aliphatic heterocycles. The Morgan fingerprint density at radius 2 is 1.68 bits per heavy atom. The fourth-order valence-electron chi connectivity index (χ4n) is 3.57. The molecule has 0 bridgehead atoms. The third-order valence-electron chi connectivity index (χ3n) is 4.92. The van der Waals surface area contributed by atoms with E-state index < -0.39 is 0 Å². The summed E-state index contributed by atoms with van der Waals surface area (Å²) in [6, 6.07) is 22.3. The van der Waals surface area contributed by atoms with Crippen molar-refractivity contribution in [2.75, 3.05) is 6.61 Å². The van der Waals surface area contributed by atoms with Gasteiger partial charge in [-0.1, -0.05) is 54.1 Å². The first-order valence-electron chi connectivity index (χ1n) is 9.54. The second kappa shape index (κ2) is 8.07. The lowest BCUT2D eigenvalue weighted by Crippen LogP contribution is -2.07. The minimum Gasteiger partial charge on any atom is -0.493 e. The second-order valence-corrected chi connectivity index (χ2v) is 7.45. The number of para-hydroxylation sites is 3. The first-order valence-corrected chi connectivity index (χ1v) is 9.91. The lowest BCUT2D eigenvalue weighted by Gasteiger charge is -2.13. The molecule has 4 aromatic rings. The molecule has 0 fully saturated rings. The standard InChI is InChI=1S/C24H23ClN2O/c1-17-8-5-9-18(2)23(17)28-15-7-14-27-22-13-4-3-12-21(22)26-24(27)19-10-6-11-20(25)16-19/h3-6,8-13,16H,7,14-15H2,1-2H3. The van der Waals surface area contributed by atoms with Crippen LogP contribution in [-0.4, -0.2) is 16.2 Å². The van der Waals surface area contributed by atoms with Gasteiger partial charge in [0.25, 0.3) is 0 Å². The fraction of sp³-hybridized carbons (Fsp3) is 0.208. The van der Waals surface area contributed by atoms with E-state index in [2.05, 4.69) is 54.8 Å². The number of hydrogen-bond donors (Lipinski definition) is 0.